The lowest BCUT2D eigenvalue weighted by molar-refractivity contribution is -0.168. The van der Waals surface area contributed by atoms with Gasteiger partial charge in [0.1, 0.15) is 19.9 Å². The molecule has 0 aromatic heterocycles. The monoisotopic (exact) mass is 646 g/mol. The molecule has 44 heavy (non-hydrogen) atoms. The molecule has 3 rings (SSSR count). The molecule has 0 aliphatic heterocycles. The predicted octanol–water partition coefficient (Wildman–Crippen LogP) is 8.68. The SMILES string of the molecule is C=C[C@]12C[C@@](C)(OCOC)[C@H](CC[C@H]1/C(=C\C[C@H](O[Si](C)(C)C(C)(C)C)C(C)(C)C=O)CSc1ccccc1)[C@H]2OCOC. The first-order valence-corrected chi connectivity index (χ1v) is 19.9. The van der Waals surface area contributed by atoms with E-state index in [1.54, 1.807) is 14.2 Å². The van der Waals surface area contributed by atoms with Crippen molar-refractivity contribution < 1.29 is 28.2 Å². The van der Waals surface area contributed by atoms with Crippen LogP contribution in [-0.4, -0.2) is 66.0 Å². The number of rotatable bonds is 17. The molecule has 248 valence electrons. The number of carbonyl (C=O) groups is 1. The highest BCUT2D eigenvalue weighted by Gasteiger charge is 2.65. The lowest BCUT2D eigenvalue weighted by Gasteiger charge is -2.46. The van der Waals surface area contributed by atoms with Crippen LogP contribution in [0.4, 0.5) is 0 Å². The lowest BCUT2D eigenvalue weighted by Crippen LogP contribution is -2.48. The van der Waals surface area contributed by atoms with Gasteiger partial charge in [-0.1, -0.05) is 70.5 Å². The van der Waals surface area contributed by atoms with Crippen LogP contribution >= 0.6 is 11.8 Å². The van der Waals surface area contributed by atoms with Gasteiger partial charge in [-0.3, -0.25) is 0 Å². The van der Waals surface area contributed by atoms with Crippen molar-refractivity contribution in [1.29, 1.82) is 0 Å². The predicted molar refractivity (Wildman–Crippen MR) is 183 cm³/mol. The fraction of sp³-hybridized carbons (Fsp3) is 0.694. The molecule has 2 saturated carbocycles. The molecule has 6 nitrogen and oxygen atoms in total. The van der Waals surface area contributed by atoms with Gasteiger partial charge in [-0.2, -0.15) is 0 Å². The van der Waals surface area contributed by atoms with Crippen molar-refractivity contribution in [2.45, 2.75) is 108 Å². The van der Waals surface area contributed by atoms with E-state index >= 15 is 0 Å². The zero-order valence-corrected chi connectivity index (χ0v) is 30.8. The van der Waals surface area contributed by atoms with Gasteiger partial charge in [-0.05, 0) is 68.8 Å². The third kappa shape index (κ3) is 8.17. The summed E-state index contributed by atoms with van der Waals surface area (Å²) >= 11 is 1.85. The number of aldehydes is 1. The van der Waals surface area contributed by atoms with Crippen LogP contribution < -0.4 is 0 Å². The molecule has 0 amide bonds. The number of carbonyl (C=O) groups excluding carboxylic acids is 1. The molecule has 1 aromatic rings. The van der Waals surface area contributed by atoms with E-state index in [9.17, 15) is 4.79 Å². The first-order valence-electron chi connectivity index (χ1n) is 16.0. The Morgan fingerprint density at radius 3 is 2.32 bits per heavy atom. The van der Waals surface area contributed by atoms with Crippen LogP contribution in [0, 0.1) is 22.7 Å². The van der Waals surface area contributed by atoms with Gasteiger partial charge in [0.2, 0.25) is 0 Å². The number of hydrogen-bond acceptors (Lipinski definition) is 7. The summed E-state index contributed by atoms with van der Waals surface area (Å²) in [4.78, 5) is 13.6. The normalized spacial score (nSPS) is 28.6. The Balaban J connectivity index is 2.08. The smallest absolute Gasteiger partial charge is 0.192 e. The van der Waals surface area contributed by atoms with Crippen LogP contribution in [0.1, 0.15) is 67.2 Å². The summed E-state index contributed by atoms with van der Waals surface area (Å²) in [6.07, 6.45) is 8.67. The van der Waals surface area contributed by atoms with Crippen molar-refractivity contribution in [3.63, 3.8) is 0 Å². The van der Waals surface area contributed by atoms with Crippen molar-refractivity contribution in [3.05, 3.63) is 54.6 Å². The first-order chi connectivity index (χ1) is 20.6. The Labute approximate surface area is 272 Å². The second-order valence-electron chi connectivity index (χ2n) is 15.0. The molecule has 2 bridgehead atoms. The summed E-state index contributed by atoms with van der Waals surface area (Å²) in [6, 6.07) is 10.5. The molecule has 6 atom stereocenters. The van der Waals surface area contributed by atoms with Crippen LogP contribution in [0.2, 0.25) is 18.1 Å². The van der Waals surface area contributed by atoms with Crippen LogP contribution in [0.25, 0.3) is 0 Å². The molecule has 0 saturated heterocycles. The standard InChI is InChI=1S/C36H58O6SSi/c1-12-36-23-35(7,41-26-39-9)30(32(36)40-25-38-8)20-19-29(36)27(22-43-28-16-14-13-15-17-28)18-21-31(34(5,6)24-37)42-44(10,11)33(2,3)4/h12-18,24,29-32H,1,19-23,25-26H2,2-11H3/b27-18-/t29-,30+,31-,32+,35+,36-/m0/s1. The maximum atomic E-state index is 12.4. The van der Waals surface area contributed by atoms with E-state index in [2.05, 4.69) is 89.9 Å². The van der Waals surface area contributed by atoms with Gasteiger partial charge in [0.15, 0.2) is 8.32 Å². The third-order valence-corrected chi connectivity index (χ3v) is 16.1. The summed E-state index contributed by atoms with van der Waals surface area (Å²) in [5.74, 6) is 1.21. The van der Waals surface area contributed by atoms with Crippen molar-refractivity contribution in [3.8, 4) is 0 Å². The molecule has 8 heteroatoms. The van der Waals surface area contributed by atoms with Gasteiger partial charge in [0.25, 0.3) is 0 Å². The van der Waals surface area contributed by atoms with Gasteiger partial charge in [0, 0.05) is 41.6 Å². The minimum Gasteiger partial charge on any atom is -0.413 e. The second-order valence-corrected chi connectivity index (χ2v) is 20.8. The quantitative estimate of drug-likeness (QED) is 0.0552. The zero-order valence-electron chi connectivity index (χ0n) is 28.9. The maximum Gasteiger partial charge on any atom is 0.192 e. The summed E-state index contributed by atoms with van der Waals surface area (Å²) in [5, 5.41) is 0.0353. The van der Waals surface area contributed by atoms with Gasteiger partial charge in [-0.15, -0.1) is 18.3 Å². The molecule has 0 N–H and O–H groups in total. The highest BCUT2D eigenvalue weighted by molar-refractivity contribution is 7.99. The van der Waals surface area contributed by atoms with E-state index in [1.165, 1.54) is 10.5 Å². The molecule has 0 heterocycles. The van der Waals surface area contributed by atoms with E-state index < -0.39 is 19.3 Å². The molecule has 2 fully saturated rings. The number of fused-ring (bicyclic) bond motifs is 2. The fourth-order valence-corrected chi connectivity index (χ4v) is 9.38. The number of ether oxygens (including phenoxy) is 4. The third-order valence-electron chi connectivity index (χ3n) is 10.6. The summed E-state index contributed by atoms with van der Waals surface area (Å²) < 4.78 is 30.7. The number of benzene rings is 1. The highest BCUT2D eigenvalue weighted by atomic mass is 32.2. The first kappa shape index (κ1) is 37.2. The summed E-state index contributed by atoms with van der Waals surface area (Å²) in [6.45, 7) is 22.4. The zero-order chi connectivity index (χ0) is 32.8. The van der Waals surface area contributed by atoms with Gasteiger partial charge < -0.3 is 28.2 Å². The summed E-state index contributed by atoms with van der Waals surface area (Å²) in [7, 11) is 1.19. The van der Waals surface area contributed by atoms with Crippen LogP contribution in [0.5, 0.6) is 0 Å². The molecule has 2 aliphatic carbocycles. The van der Waals surface area contributed by atoms with Gasteiger partial charge >= 0.3 is 0 Å². The van der Waals surface area contributed by atoms with Crippen LogP contribution in [0.15, 0.2) is 59.5 Å². The number of methoxy groups -OCH3 is 2. The second kappa shape index (κ2) is 15.1. The van der Waals surface area contributed by atoms with Crippen LogP contribution in [0.3, 0.4) is 0 Å². The Morgan fingerprint density at radius 2 is 1.75 bits per heavy atom. The minimum absolute atomic E-state index is 0.0353. The Hall–Kier alpha value is -1.26. The van der Waals surface area contributed by atoms with E-state index in [0.29, 0.717) is 6.42 Å². The Bertz CT molecular complexity index is 1120. The van der Waals surface area contributed by atoms with Crippen molar-refractivity contribution >= 4 is 26.4 Å². The lowest BCUT2D eigenvalue weighted by atomic mass is 9.63. The van der Waals surface area contributed by atoms with E-state index in [-0.39, 0.29) is 48.1 Å². The molecule has 2 aliphatic rings. The average molecular weight is 647 g/mol. The summed E-state index contributed by atoms with van der Waals surface area (Å²) in [5.41, 5.74) is -0.0303. The largest absolute Gasteiger partial charge is 0.413 e. The van der Waals surface area contributed by atoms with Crippen LogP contribution in [-0.2, 0) is 28.2 Å². The van der Waals surface area contributed by atoms with Crippen molar-refractivity contribution in [2.75, 3.05) is 33.6 Å². The molecule has 0 radical (unpaired) electrons. The molecular formula is C36H58O6SSi. The van der Waals surface area contributed by atoms with E-state index in [4.69, 9.17) is 23.4 Å². The Kier molecular flexibility index (Phi) is 12.8. The molecule has 0 unspecified atom stereocenters. The highest BCUT2D eigenvalue weighted by Crippen LogP contribution is 2.63. The molecule has 0 spiro atoms. The van der Waals surface area contributed by atoms with E-state index in [1.807, 2.05) is 25.6 Å². The topological polar surface area (TPSA) is 63.2 Å². The van der Waals surface area contributed by atoms with E-state index in [0.717, 1.165) is 31.3 Å². The number of hydrogen-bond donors (Lipinski definition) is 0. The van der Waals surface area contributed by atoms with Crippen molar-refractivity contribution in [2.24, 2.45) is 22.7 Å². The maximum absolute atomic E-state index is 12.4. The average Bonchev–Trinajstić information content (AvgIpc) is 3.14. The Morgan fingerprint density at radius 1 is 1.09 bits per heavy atom. The van der Waals surface area contributed by atoms with Gasteiger partial charge in [-0.25, -0.2) is 0 Å². The molecular weight excluding hydrogens is 589 g/mol. The molecule has 1 aromatic carbocycles. The number of thioether (sulfide) groups is 1. The van der Waals surface area contributed by atoms with Gasteiger partial charge in [0.05, 0.1) is 17.8 Å². The fourth-order valence-electron chi connectivity index (χ4n) is 6.91. The minimum atomic E-state index is -2.14. The van der Waals surface area contributed by atoms with Crippen molar-refractivity contribution in [1.82, 2.24) is 0 Å².